The Morgan fingerprint density at radius 2 is 1.97 bits per heavy atom. The molecule has 4 aliphatic rings. The van der Waals surface area contributed by atoms with Crippen molar-refractivity contribution in [3.05, 3.63) is 24.2 Å². The molecule has 0 bridgehead atoms. The fourth-order valence-electron chi connectivity index (χ4n) is 7.28. The van der Waals surface area contributed by atoms with Crippen LogP contribution in [0.2, 0.25) is 0 Å². The van der Waals surface area contributed by atoms with Crippen molar-refractivity contribution in [2.45, 2.75) is 77.3 Å². The molecule has 8 heteroatoms. The number of hydrogen-bond donors (Lipinski definition) is 0. The molecule has 3 heterocycles. The topological polar surface area (TPSA) is 101 Å². The molecular formula is C26H34O8. The average Bonchev–Trinajstić information content (AvgIpc) is 3.35. The SMILES string of the molecule is COC(=O)[C@@H]1C[C@H](OC2CCCCO2)C(=O)[C@H]2[C@@]1(C)CC[C@H]1C(=O)O[C@@H](c3ccoc3)C[C@]21C. The van der Waals surface area contributed by atoms with Gasteiger partial charge in [0.25, 0.3) is 0 Å². The maximum atomic E-state index is 14.2. The summed E-state index contributed by atoms with van der Waals surface area (Å²) < 4.78 is 28.2. The zero-order valence-electron chi connectivity index (χ0n) is 20.1. The van der Waals surface area contributed by atoms with Gasteiger partial charge in [-0.1, -0.05) is 13.8 Å². The number of methoxy groups -OCH3 is 1. The number of rotatable bonds is 4. The molecule has 8 nitrogen and oxygen atoms in total. The third-order valence-corrected chi connectivity index (χ3v) is 8.96. The van der Waals surface area contributed by atoms with Gasteiger partial charge in [0.05, 0.1) is 31.5 Å². The summed E-state index contributed by atoms with van der Waals surface area (Å²) in [6, 6.07) is 1.79. The molecule has 2 saturated heterocycles. The molecule has 186 valence electrons. The van der Waals surface area contributed by atoms with Crippen molar-refractivity contribution < 1.29 is 37.7 Å². The van der Waals surface area contributed by atoms with Gasteiger partial charge in [-0.3, -0.25) is 14.4 Å². The number of Topliss-reactive ketones (excluding diaryl/α,β-unsaturated/α-hetero) is 1. The third kappa shape index (κ3) is 3.70. The van der Waals surface area contributed by atoms with Crippen LogP contribution < -0.4 is 0 Å². The molecule has 2 saturated carbocycles. The molecule has 2 aliphatic carbocycles. The summed E-state index contributed by atoms with van der Waals surface area (Å²) in [4.78, 5) is 40.4. The Labute approximate surface area is 199 Å². The van der Waals surface area contributed by atoms with E-state index >= 15 is 0 Å². The highest BCUT2D eigenvalue weighted by Gasteiger charge is 2.67. The molecular weight excluding hydrogens is 440 g/mol. The number of furan rings is 1. The maximum Gasteiger partial charge on any atom is 0.310 e. The first-order valence-corrected chi connectivity index (χ1v) is 12.4. The van der Waals surface area contributed by atoms with Gasteiger partial charge < -0.3 is 23.4 Å². The van der Waals surface area contributed by atoms with Gasteiger partial charge in [0, 0.05) is 18.1 Å². The van der Waals surface area contributed by atoms with E-state index in [2.05, 4.69) is 0 Å². The number of ether oxygens (including phenoxy) is 4. The minimum Gasteiger partial charge on any atom is -0.472 e. The van der Waals surface area contributed by atoms with Crippen LogP contribution in [0.4, 0.5) is 0 Å². The fraction of sp³-hybridized carbons (Fsp3) is 0.731. The van der Waals surface area contributed by atoms with Crippen molar-refractivity contribution in [3.63, 3.8) is 0 Å². The van der Waals surface area contributed by atoms with Crippen LogP contribution in [0.1, 0.15) is 70.5 Å². The number of ketones is 1. The van der Waals surface area contributed by atoms with Crippen LogP contribution >= 0.6 is 0 Å². The van der Waals surface area contributed by atoms with E-state index in [0.717, 1.165) is 24.8 Å². The average molecular weight is 475 g/mol. The van der Waals surface area contributed by atoms with E-state index in [0.29, 0.717) is 25.9 Å². The first-order valence-electron chi connectivity index (χ1n) is 12.4. The highest BCUT2D eigenvalue weighted by Crippen LogP contribution is 2.65. The van der Waals surface area contributed by atoms with E-state index in [1.807, 2.05) is 13.8 Å². The van der Waals surface area contributed by atoms with Gasteiger partial charge in [0.2, 0.25) is 0 Å². The molecule has 1 aromatic rings. The van der Waals surface area contributed by atoms with E-state index in [1.54, 1.807) is 18.6 Å². The zero-order chi connectivity index (χ0) is 24.1. The molecule has 34 heavy (non-hydrogen) atoms. The highest BCUT2D eigenvalue weighted by molar-refractivity contribution is 5.92. The van der Waals surface area contributed by atoms with E-state index < -0.39 is 47.1 Å². The molecule has 8 atom stereocenters. The Kier molecular flexibility index (Phi) is 6.09. The van der Waals surface area contributed by atoms with Gasteiger partial charge in [0.1, 0.15) is 12.2 Å². The monoisotopic (exact) mass is 474 g/mol. The Balaban J connectivity index is 1.53. The summed E-state index contributed by atoms with van der Waals surface area (Å²) in [6.45, 7) is 4.63. The minimum absolute atomic E-state index is 0.0373. The van der Waals surface area contributed by atoms with Gasteiger partial charge in [0.15, 0.2) is 12.1 Å². The predicted octanol–water partition coefficient (Wildman–Crippen LogP) is 3.98. The van der Waals surface area contributed by atoms with Crippen molar-refractivity contribution in [2.24, 2.45) is 28.6 Å². The first kappa shape index (κ1) is 23.5. The summed E-state index contributed by atoms with van der Waals surface area (Å²) in [5.41, 5.74) is -0.554. The van der Waals surface area contributed by atoms with Crippen LogP contribution in [0.3, 0.4) is 0 Å². The number of hydrogen-bond acceptors (Lipinski definition) is 8. The fourth-order valence-corrected chi connectivity index (χ4v) is 7.28. The molecule has 0 aromatic carbocycles. The van der Waals surface area contributed by atoms with E-state index in [-0.39, 0.29) is 24.1 Å². The van der Waals surface area contributed by atoms with Gasteiger partial charge in [-0.15, -0.1) is 0 Å². The van der Waals surface area contributed by atoms with Crippen LogP contribution in [0, 0.1) is 28.6 Å². The van der Waals surface area contributed by atoms with Crippen LogP contribution in [0.25, 0.3) is 0 Å². The first-order chi connectivity index (χ1) is 16.3. The number of esters is 2. The summed E-state index contributed by atoms with van der Waals surface area (Å²) in [6.07, 6.45) is 5.98. The van der Waals surface area contributed by atoms with Crippen molar-refractivity contribution in [1.29, 1.82) is 0 Å². The lowest BCUT2D eigenvalue weighted by Gasteiger charge is -2.61. The van der Waals surface area contributed by atoms with E-state index in [9.17, 15) is 14.4 Å². The molecule has 0 amide bonds. The van der Waals surface area contributed by atoms with Gasteiger partial charge in [-0.2, -0.15) is 0 Å². The molecule has 1 unspecified atom stereocenters. The predicted molar refractivity (Wildman–Crippen MR) is 118 cm³/mol. The second-order valence-corrected chi connectivity index (χ2v) is 10.9. The molecule has 1 aromatic heterocycles. The molecule has 4 fully saturated rings. The van der Waals surface area contributed by atoms with Crippen molar-refractivity contribution in [1.82, 2.24) is 0 Å². The van der Waals surface area contributed by atoms with E-state index in [4.69, 9.17) is 23.4 Å². The third-order valence-electron chi connectivity index (χ3n) is 8.96. The standard InChI is InChI=1S/C26H34O8/c1-25-9-7-16-24(29)34-19(15-8-11-31-14-15)13-26(16,2)22(25)21(27)18(12-17(25)23(28)30-3)33-20-6-4-5-10-32-20/h8,11,14,16-20,22H,4-7,9-10,12-13H2,1-3H3/t16-,17-,18-,19+,20?,22-,25-,26-/m0/s1. The molecule has 0 N–H and O–H groups in total. The lowest BCUT2D eigenvalue weighted by molar-refractivity contribution is -0.229. The maximum absolute atomic E-state index is 14.2. The summed E-state index contributed by atoms with van der Waals surface area (Å²) >= 11 is 0. The lowest BCUT2D eigenvalue weighted by Crippen LogP contribution is -2.65. The van der Waals surface area contributed by atoms with Crippen LogP contribution in [0.15, 0.2) is 23.0 Å². The Hall–Kier alpha value is -2.19. The quantitative estimate of drug-likeness (QED) is 0.477. The second kappa shape index (κ2) is 8.79. The Morgan fingerprint density at radius 3 is 2.65 bits per heavy atom. The van der Waals surface area contributed by atoms with Crippen molar-refractivity contribution >= 4 is 17.7 Å². The minimum atomic E-state index is -0.772. The number of carbonyl (C=O) groups is 3. The smallest absolute Gasteiger partial charge is 0.310 e. The summed E-state index contributed by atoms with van der Waals surface area (Å²) in [5, 5.41) is 0. The summed E-state index contributed by atoms with van der Waals surface area (Å²) in [7, 11) is 1.39. The van der Waals surface area contributed by atoms with Crippen molar-refractivity contribution in [2.75, 3.05) is 13.7 Å². The van der Waals surface area contributed by atoms with Crippen LogP contribution in [0.5, 0.6) is 0 Å². The Morgan fingerprint density at radius 1 is 1.15 bits per heavy atom. The zero-order valence-corrected chi connectivity index (χ0v) is 20.1. The number of carbonyl (C=O) groups excluding carboxylic acids is 3. The number of fused-ring (bicyclic) bond motifs is 3. The Bertz CT molecular complexity index is 935. The van der Waals surface area contributed by atoms with Gasteiger partial charge >= 0.3 is 11.9 Å². The molecule has 0 spiro atoms. The van der Waals surface area contributed by atoms with Gasteiger partial charge in [-0.25, -0.2) is 0 Å². The van der Waals surface area contributed by atoms with E-state index in [1.165, 1.54) is 7.11 Å². The second-order valence-electron chi connectivity index (χ2n) is 10.9. The normalized spacial score (nSPS) is 42.3. The molecule has 5 rings (SSSR count). The molecule has 2 aliphatic heterocycles. The van der Waals surface area contributed by atoms with Crippen LogP contribution in [-0.4, -0.2) is 43.8 Å². The summed E-state index contributed by atoms with van der Waals surface area (Å²) in [5.74, 6) is -2.12. The number of cyclic esters (lactones) is 1. The van der Waals surface area contributed by atoms with Crippen molar-refractivity contribution in [3.8, 4) is 0 Å². The van der Waals surface area contributed by atoms with Crippen LogP contribution in [-0.2, 0) is 33.3 Å². The molecule has 0 radical (unpaired) electrons. The lowest BCUT2D eigenvalue weighted by atomic mass is 9.43. The largest absolute Gasteiger partial charge is 0.472 e. The van der Waals surface area contributed by atoms with Gasteiger partial charge in [-0.05, 0) is 61.8 Å². The highest BCUT2D eigenvalue weighted by atomic mass is 16.7.